The molecule has 1 aromatic rings. The Balaban J connectivity index is 2.93. The van der Waals surface area contributed by atoms with Crippen molar-refractivity contribution in [2.75, 3.05) is 0 Å². The first-order chi connectivity index (χ1) is 6.52. The molecule has 0 spiro atoms. The molecule has 0 bridgehead atoms. The quantitative estimate of drug-likeness (QED) is 0.503. The number of hydrogen-bond donors (Lipinski definition) is 1. The topological polar surface area (TPSA) is 46.5 Å². The molecule has 0 atom stereocenters. The Labute approximate surface area is 90.1 Å². The molecule has 0 aliphatic heterocycles. The zero-order valence-corrected chi connectivity index (χ0v) is 9.17. The first-order valence-electron chi connectivity index (χ1n) is 3.87. The summed E-state index contributed by atoms with van der Waals surface area (Å²) in [6, 6.07) is 4.65. The van der Waals surface area contributed by atoms with E-state index in [-0.39, 0.29) is 11.5 Å². The van der Waals surface area contributed by atoms with Gasteiger partial charge in [0.05, 0.1) is 0 Å². The summed E-state index contributed by atoms with van der Waals surface area (Å²) in [4.78, 5) is 11.2. The van der Waals surface area contributed by atoms with Crippen molar-refractivity contribution >= 4 is 21.9 Å². The molecular weight excluding hydrogens is 248 g/mol. The number of carbonyl (C=O) groups excluding carboxylic acids is 1. The van der Waals surface area contributed by atoms with E-state index in [0.717, 1.165) is 0 Å². The van der Waals surface area contributed by atoms with Crippen LogP contribution in [0.1, 0.15) is 6.92 Å². The Morgan fingerprint density at radius 2 is 2.21 bits per heavy atom. The van der Waals surface area contributed by atoms with E-state index in [0.29, 0.717) is 10.0 Å². The molecule has 0 aromatic heterocycles. The largest absolute Gasteiger partial charge is 0.507 e. The molecule has 0 amide bonds. The minimum absolute atomic E-state index is 0.0250. The number of phenolic OH excluding ortho intramolecular Hbond substituents is 1. The van der Waals surface area contributed by atoms with Crippen molar-refractivity contribution in [3.05, 3.63) is 34.8 Å². The van der Waals surface area contributed by atoms with E-state index >= 15 is 0 Å². The third-order valence-corrected chi connectivity index (χ3v) is 2.29. The number of esters is 1. The third-order valence-electron chi connectivity index (χ3n) is 1.49. The van der Waals surface area contributed by atoms with Gasteiger partial charge in [-0.2, -0.15) is 0 Å². The van der Waals surface area contributed by atoms with Crippen molar-refractivity contribution in [1.29, 1.82) is 0 Å². The highest BCUT2D eigenvalue weighted by atomic mass is 79.9. The molecule has 1 rings (SSSR count). The predicted octanol–water partition coefficient (Wildman–Crippen LogP) is 2.64. The molecule has 0 heterocycles. The Morgan fingerprint density at radius 1 is 1.57 bits per heavy atom. The number of rotatable bonds is 2. The van der Waals surface area contributed by atoms with Gasteiger partial charge in [0, 0.05) is 5.57 Å². The zero-order valence-electron chi connectivity index (χ0n) is 7.58. The van der Waals surface area contributed by atoms with Crippen LogP contribution in [0, 0.1) is 0 Å². The SMILES string of the molecule is C=C(C)C(=O)Oc1cccc(O)c1Br. The Hall–Kier alpha value is -1.29. The lowest BCUT2D eigenvalue weighted by Gasteiger charge is -2.06. The maximum Gasteiger partial charge on any atom is 0.338 e. The molecule has 14 heavy (non-hydrogen) atoms. The fourth-order valence-corrected chi connectivity index (χ4v) is 1.11. The molecule has 74 valence electrons. The van der Waals surface area contributed by atoms with Gasteiger partial charge in [-0.3, -0.25) is 0 Å². The molecule has 4 heteroatoms. The number of ether oxygens (including phenoxy) is 1. The highest BCUT2D eigenvalue weighted by Crippen LogP contribution is 2.33. The van der Waals surface area contributed by atoms with Gasteiger partial charge >= 0.3 is 5.97 Å². The second-order valence-electron chi connectivity index (χ2n) is 2.76. The van der Waals surface area contributed by atoms with Crippen LogP contribution in [0.15, 0.2) is 34.8 Å². The van der Waals surface area contributed by atoms with Crippen molar-refractivity contribution in [1.82, 2.24) is 0 Å². The molecule has 0 saturated carbocycles. The van der Waals surface area contributed by atoms with Crippen LogP contribution in [0.3, 0.4) is 0 Å². The van der Waals surface area contributed by atoms with Gasteiger partial charge in [-0.1, -0.05) is 12.6 Å². The number of phenols is 1. The van der Waals surface area contributed by atoms with E-state index in [1.165, 1.54) is 6.07 Å². The smallest absolute Gasteiger partial charge is 0.338 e. The summed E-state index contributed by atoms with van der Waals surface area (Å²) >= 11 is 3.10. The van der Waals surface area contributed by atoms with Gasteiger partial charge in [0.25, 0.3) is 0 Å². The monoisotopic (exact) mass is 256 g/mol. The van der Waals surface area contributed by atoms with E-state index in [2.05, 4.69) is 22.5 Å². The van der Waals surface area contributed by atoms with Crippen LogP contribution in [0.5, 0.6) is 11.5 Å². The highest BCUT2D eigenvalue weighted by molar-refractivity contribution is 9.10. The summed E-state index contributed by atoms with van der Waals surface area (Å²) in [6.07, 6.45) is 0. The van der Waals surface area contributed by atoms with Crippen LogP contribution < -0.4 is 4.74 Å². The van der Waals surface area contributed by atoms with Crippen molar-refractivity contribution < 1.29 is 14.6 Å². The fraction of sp³-hybridized carbons (Fsp3) is 0.100. The average Bonchev–Trinajstić information content (AvgIpc) is 2.12. The van der Waals surface area contributed by atoms with E-state index in [4.69, 9.17) is 4.74 Å². The summed E-state index contributed by atoms with van der Waals surface area (Å²) < 4.78 is 5.30. The lowest BCUT2D eigenvalue weighted by Crippen LogP contribution is -2.08. The number of halogens is 1. The van der Waals surface area contributed by atoms with Crippen molar-refractivity contribution in [2.45, 2.75) is 6.92 Å². The summed E-state index contributed by atoms with van der Waals surface area (Å²) in [5.41, 5.74) is 0.306. The van der Waals surface area contributed by atoms with Crippen molar-refractivity contribution in [2.24, 2.45) is 0 Å². The fourth-order valence-electron chi connectivity index (χ4n) is 0.765. The number of carbonyl (C=O) groups is 1. The van der Waals surface area contributed by atoms with Crippen LogP contribution in [-0.4, -0.2) is 11.1 Å². The van der Waals surface area contributed by atoms with Crippen LogP contribution in [0.4, 0.5) is 0 Å². The lowest BCUT2D eigenvalue weighted by molar-refractivity contribution is -0.130. The average molecular weight is 257 g/mol. The second kappa shape index (κ2) is 4.28. The Bertz CT molecular complexity index is 385. The van der Waals surface area contributed by atoms with Crippen molar-refractivity contribution in [3.63, 3.8) is 0 Å². The van der Waals surface area contributed by atoms with Crippen LogP contribution in [0.25, 0.3) is 0 Å². The summed E-state index contributed by atoms with van der Waals surface area (Å²) in [7, 11) is 0. The lowest BCUT2D eigenvalue weighted by atomic mass is 10.3. The van der Waals surface area contributed by atoms with Gasteiger partial charge in [0.2, 0.25) is 0 Å². The predicted molar refractivity (Wildman–Crippen MR) is 56.3 cm³/mol. The Morgan fingerprint density at radius 3 is 2.79 bits per heavy atom. The molecule has 0 aliphatic carbocycles. The molecule has 0 aliphatic rings. The zero-order chi connectivity index (χ0) is 10.7. The van der Waals surface area contributed by atoms with Gasteiger partial charge in [-0.15, -0.1) is 0 Å². The first-order valence-corrected chi connectivity index (χ1v) is 4.67. The first kappa shape index (κ1) is 10.8. The van der Waals surface area contributed by atoms with E-state index < -0.39 is 5.97 Å². The van der Waals surface area contributed by atoms with Gasteiger partial charge in [0.15, 0.2) is 0 Å². The highest BCUT2D eigenvalue weighted by Gasteiger charge is 2.10. The van der Waals surface area contributed by atoms with Crippen molar-refractivity contribution in [3.8, 4) is 11.5 Å². The van der Waals surface area contributed by atoms with E-state index in [1.807, 2.05) is 0 Å². The molecule has 0 unspecified atom stereocenters. The minimum atomic E-state index is -0.517. The number of benzene rings is 1. The summed E-state index contributed by atoms with van der Waals surface area (Å²) in [5, 5.41) is 9.29. The number of hydrogen-bond acceptors (Lipinski definition) is 3. The molecule has 1 aromatic carbocycles. The van der Waals surface area contributed by atoms with Crippen LogP contribution in [-0.2, 0) is 4.79 Å². The Kier molecular flexibility index (Phi) is 3.30. The van der Waals surface area contributed by atoms with Crippen LogP contribution in [0.2, 0.25) is 0 Å². The standard InChI is InChI=1S/C10H9BrO3/c1-6(2)10(13)14-8-5-3-4-7(12)9(8)11/h3-5,12H,1H2,2H3. The molecule has 1 N–H and O–H groups in total. The second-order valence-corrected chi connectivity index (χ2v) is 3.55. The third kappa shape index (κ3) is 2.35. The van der Waals surface area contributed by atoms with Gasteiger partial charge in [-0.05, 0) is 35.0 Å². The maximum absolute atomic E-state index is 11.2. The van der Waals surface area contributed by atoms with Crippen LogP contribution >= 0.6 is 15.9 Å². The van der Waals surface area contributed by atoms with E-state index in [9.17, 15) is 9.90 Å². The maximum atomic E-state index is 11.2. The normalized spacial score (nSPS) is 9.57. The van der Waals surface area contributed by atoms with Gasteiger partial charge in [-0.25, -0.2) is 4.79 Å². The van der Waals surface area contributed by atoms with Gasteiger partial charge < -0.3 is 9.84 Å². The molecule has 0 saturated heterocycles. The molecule has 0 fully saturated rings. The number of aromatic hydroxyl groups is 1. The summed E-state index contributed by atoms with van der Waals surface area (Å²) in [6.45, 7) is 5.01. The van der Waals surface area contributed by atoms with E-state index in [1.54, 1.807) is 19.1 Å². The van der Waals surface area contributed by atoms with Gasteiger partial charge in [0.1, 0.15) is 16.0 Å². The molecule has 3 nitrogen and oxygen atoms in total. The molecular formula is C10H9BrO3. The molecule has 0 radical (unpaired) electrons. The minimum Gasteiger partial charge on any atom is -0.507 e. The summed E-state index contributed by atoms with van der Waals surface area (Å²) in [5.74, 6) is -0.216.